The summed E-state index contributed by atoms with van der Waals surface area (Å²) in [4.78, 5) is 0. The lowest BCUT2D eigenvalue weighted by atomic mass is 10.0. The number of rotatable bonds is 1. The Balaban J connectivity index is 2.80. The minimum atomic E-state index is -3.33. The molecule has 1 aliphatic rings. The molecule has 0 fully saturated rings. The molecule has 0 spiro atoms. The summed E-state index contributed by atoms with van der Waals surface area (Å²) in [5, 5.41) is 0.403. The van der Waals surface area contributed by atoms with Crippen LogP contribution in [0, 0.1) is 0 Å². The molecule has 62 valence electrons. The monoisotopic (exact) mass is 226 g/mol. The maximum absolute atomic E-state index is 12.5. The molecule has 4 heteroatoms. The number of hydrogen-bond acceptors (Lipinski definition) is 0. The van der Waals surface area contributed by atoms with Crippen molar-refractivity contribution in [1.82, 2.24) is 0 Å². The maximum Gasteiger partial charge on any atom is 0.300 e. The summed E-state index contributed by atoms with van der Waals surface area (Å²) >= 11 is 3.04. The first-order valence-electron chi connectivity index (χ1n) is 3.04. The van der Waals surface area contributed by atoms with Gasteiger partial charge in [0, 0.05) is 5.33 Å². The van der Waals surface area contributed by atoms with Crippen LogP contribution >= 0.6 is 15.9 Å². The lowest BCUT2D eigenvalue weighted by Gasteiger charge is -2.18. The van der Waals surface area contributed by atoms with Gasteiger partial charge >= 0.3 is 5.92 Å². The van der Waals surface area contributed by atoms with Crippen molar-refractivity contribution in [2.75, 3.05) is 5.33 Å². The third-order valence-corrected chi connectivity index (χ3v) is 2.05. The van der Waals surface area contributed by atoms with E-state index in [2.05, 4.69) is 15.9 Å². The molecule has 0 aromatic carbocycles. The second-order valence-corrected chi connectivity index (χ2v) is 2.85. The smallest absolute Gasteiger partial charge is 0.236 e. The first-order chi connectivity index (χ1) is 5.06. The molecule has 0 N–H and O–H groups in total. The molecule has 0 nitrogen and oxygen atoms in total. The highest BCUT2D eigenvalue weighted by molar-refractivity contribution is 9.09. The Hall–Kier alpha value is -0.250. The van der Waals surface area contributed by atoms with Gasteiger partial charge in [0.25, 0.3) is 0 Å². The van der Waals surface area contributed by atoms with Gasteiger partial charge in [0.05, 0.1) is 0 Å². The van der Waals surface area contributed by atoms with Crippen LogP contribution in [0.2, 0.25) is 0 Å². The molecule has 0 radical (unpaired) electrons. The van der Waals surface area contributed by atoms with Crippen LogP contribution < -0.4 is 0 Å². The van der Waals surface area contributed by atoms with E-state index >= 15 is 0 Å². The minimum absolute atomic E-state index is 0.403. The fraction of sp³-hybridized carbons (Fsp3) is 0.429. The molecule has 1 atom stereocenters. The van der Waals surface area contributed by atoms with Crippen molar-refractivity contribution >= 4 is 15.9 Å². The van der Waals surface area contributed by atoms with E-state index in [0.717, 1.165) is 6.08 Å². The van der Waals surface area contributed by atoms with Crippen LogP contribution in [0.25, 0.3) is 0 Å². The van der Waals surface area contributed by atoms with E-state index in [-0.39, 0.29) is 0 Å². The zero-order valence-corrected chi connectivity index (χ0v) is 7.11. The lowest BCUT2D eigenvalue weighted by Crippen LogP contribution is -2.28. The predicted molar refractivity (Wildman–Crippen MR) is 40.9 cm³/mol. The van der Waals surface area contributed by atoms with Crippen LogP contribution in [-0.2, 0) is 0 Å². The van der Waals surface area contributed by atoms with Crippen molar-refractivity contribution < 1.29 is 13.2 Å². The molecule has 1 rings (SSSR count). The third-order valence-electron chi connectivity index (χ3n) is 1.40. The van der Waals surface area contributed by atoms with E-state index in [4.69, 9.17) is 0 Å². The second kappa shape index (κ2) is 3.01. The summed E-state index contributed by atoms with van der Waals surface area (Å²) in [5.41, 5.74) is 0.545. The molecule has 0 aromatic heterocycles. The van der Waals surface area contributed by atoms with Crippen LogP contribution in [0.15, 0.2) is 23.8 Å². The number of alkyl halides is 4. The quantitative estimate of drug-likeness (QED) is 0.604. The molecule has 11 heavy (non-hydrogen) atoms. The molecule has 0 heterocycles. The third kappa shape index (κ3) is 1.86. The maximum atomic E-state index is 12.5. The SMILES string of the molecule is FC1C=C(CBr)C=CC1(F)F. The van der Waals surface area contributed by atoms with Gasteiger partial charge in [0.15, 0.2) is 6.17 Å². The fourth-order valence-corrected chi connectivity index (χ4v) is 1.13. The van der Waals surface area contributed by atoms with Crippen LogP contribution in [0.1, 0.15) is 0 Å². The first kappa shape index (κ1) is 8.84. The molecule has 0 saturated carbocycles. The van der Waals surface area contributed by atoms with E-state index < -0.39 is 12.1 Å². The van der Waals surface area contributed by atoms with Crippen molar-refractivity contribution in [3.05, 3.63) is 23.8 Å². The van der Waals surface area contributed by atoms with Crippen molar-refractivity contribution in [3.8, 4) is 0 Å². The van der Waals surface area contributed by atoms with Crippen LogP contribution in [-0.4, -0.2) is 17.4 Å². The van der Waals surface area contributed by atoms with Gasteiger partial charge in [-0.3, -0.25) is 0 Å². The molecule has 0 amide bonds. The van der Waals surface area contributed by atoms with Gasteiger partial charge in [-0.25, -0.2) is 4.39 Å². The molecule has 0 aromatic rings. The summed E-state index contributed by atoms with van der Waals surface area (Å²) in [6, 6.07) is 0. The molecule has 0 saturated heterocycles. The first-order valence-corrected chi connectivity index (χ1v) is 4.16. The molecule has 0 bridgehead atoms. The average molecular weight is 227 g/mol. The second-order valence-electron chi connectivity index (χ2n) is 2.28. The molecule has 1 aliphatic carbocycles. The normalized spacial score (nSPS) is 28.4. The lowest BCUT2D eigenvalue weighted by molar-refractivity contribution is -0.00795. The van der Waals surface area contributed by atoms with Crippen molar-refractivity contribution in [2.45, 2.75) is 12.1 Å². The molecular formula is C7H6BrF3. The van der Waals surface area contributed by atoms with Gasteiger partial charge < -0.3 is 0 Å². The zero-order valence-electron chi connectivity index (χ0n) is 5.53. The number of allylic oxidation sites excluding steroid dienone is 4. The standard InChI is InChI=1S/C7H6BrF3/c8-4-5-1-2-7(10,11)6(9)3-5/h1-3,6H,4H2. The number of hydrogen-bond donors (Lipinski definition) is 0. The molecular weight excluding hydrogens is 221 g/mol. The van der Waals surface area contributed by atoms with Gasteiger partial charge in [-0.2, -0.15) is 8.78 Å². The predicted octanol–water partition coefficient (Wildman–Crippen LogP) is 2.85. The Morgan fingerprint density at radius 2 is 2.18 bits per heavy atom. The summed E-state index contributed by atoms with van der Waals surface area (Å²) in [7, 11) is 0. The molecule has 0 aliphatic heterocycles. The van der Waals surface area contributed by atoms with Crippen LogP contribution in [0.4, 0.5) is 13.2 Å². The Morgan fingerprint density at radius 1 is 1.55 bits per heavy atom. The van der Waals surface area contributed by atoms with Gasteiger partial charge in [0.2, 0.25) is 0 Å². The Bertz CT molecular complexity index is 208. The summed E-state index contributed by atoms with van der Waals surface area (Å²) < 4.78 is 37.3. The average Bonchev–Trinajstić information content (AvgIpc) is 1.95. The van der Waals surface area contributed by atoms with Crippen LogP contribution in [0.3, 0.4) is 0 Å². The Kier molecular flexibility index (Phi) is 2.42. The van der Waals surface area contributed by atoms with Gasteiger partial charge in [0.1, 0.15) is 0 Å². The topological polar surface area (TPSA) is 0 Å². The Morgan fingerprint density at radius 3 is 2.64 bits per heavy atom. The van der Waals surface area contributed by atoms with Crippen molar-refractivity contribution in [3.63, 3.8) is 0 Å². The van der Waals surface area contributed by atoms with E-state index in [0.29, 0.717) is 17.0 Å². The van der Waals surface area contributed by atoms with E-state index in [1.807, 2.05) is 0 Å². The van der Waals surface area contributed by atoms with Crippen molar-refractivity contribution in [2.24, 2.45) is 0 Å². The highest BCUT2D eigenvalue weighted by Gasteiger charge is 2.37. The minimum Gasteiger partial charge on any atom is -0.236 e. The van der Waals surface area contributed by atoms with Gasteiger partial charge in [-0.15, -0.1) is 0 Å². The largest absolute Gasteiger partial charge is 0.300 e. The summed E-state index contributed by atoms with van der Waals surface area (Å²) in [6.45, 7) is 0. The van der Waals surface area contributed by atoms with E-state index in [1.165, 1.54) is 6.08 Å². The van der Waals surface area contributed by atoms with Crippen molar-refractivity contribution in [1.29, 1.82) is 0 Å². The van der Waals surface area contributed by atoms with E-state index in [1.54, 1.807) is 0 Å². The highest BCUT2D eigenvalue weighted by atomic mass is 79.9. The Labute approximate surface area is 70.9 Å². The summed E-state index contributed by atoms with van der Waals surface area (Å²) in [6.07, 6.45) is 0.563. The number of halogens is 4. The van der Waals surface area contributed by atoms with Gasteiger partial charge in [-0.05, 0) is 17.7 Å². The zero-order chi connectivity index (χ0) is 8.48. The highest BCUT2D eigenvalue weighted by Crippen LogP contribution is 2.29. The van der Waals surface area contributed by atoms with Gasteiger partial charge in [-0.1, -0.05) is 22.0 Å². The van der Waals surface area contributed by atoms with E-state index in [9.17, 15) is 13.2 Å². The fourth-order valence-electron chi connectivity index (χ4n) is 0.754. The van der Waals surface area contributed by atoms with Crippen LogP contribution in [0.5, 0.6) is 0 Å². The summed E-state index contributed by atoms with van der Waals surface area (Å²) in [5.74, 6) is -3.33. The molecule has 1 unspecified atom stereocenters.